The highest BCUT2D eigenvalue weighted by Crippen LogP contribution is 2.27. The topological polar surface area (TPSA) is 80.1 Å². The molecule has 1 aromatic rings. The first-order valence-electron chi connectivity index (χ1n) is 7.06. The molecule has 0 amide bonds. The number of ether oxygens (including phenoxy) is 1. The second kappa shape index (κ2) is 5.88. The van der Waals surface area contributed by atoms with Gasteiger partial charge in [0.1, 0.15) is 5.60 Å². The van der Waals surface area contributed by atoms with Gasteiger partial charge in [0.05, 0.1) is 0 Å². The summed E-state index contributed by atoms with van der Waals surface area (Å²) in [6.07, 6.45) is 3.21. The van der Waals surface area contributed by atoms with Gasteiger partial charge in [0.25, 0.3) is 0 Å². The molecule has 0 aliphatic carbocycles. The van der Waals surface area contributed by atoms with Crippen LogP contribution in [0.3, 0.4) is 0 Å². The fourth-order valence-electron chi connectivity index (χ4n) is 2.48. The van der Waals surface area contributed by atoms with Crippen molar-refractivity contribution in [3.8, 4) is 0 Å². The third kappa shape index (κ3) is 2.90. The molecule has 2 heterocycles. The van der Waals surface area contributed by atoms with Gasteiger partial charge in [-0.2, -0.15) is 4.98 Å². The molecule has 0 aromatic carbocycles. The van der Waals surface area contributed by atoms with Crippen molar-refractivity contribution in [3.05, 3.63) is 5.82 Å². The highest BCUT2D eigenvalue weighted by molar-refractivity contribution is 5.30. The largest absolute Gasteiger partial charge is 0.371 e. The van der Waals surface area contributed by atoms with E-state index < -0.39 is 5.60 Å². The van der Waals surface area contributed by atoms with Crippen molar-refractivity contribution in [1.82, 2.24) is 15.2 Å². The van der Waals surface area contributed by atoms with Crippen molar-refractivity contribution < 1.29 is 4.74 Å². The van der Waals surface area contributed by atoms with Crippen LogP contribution in [-0.2, 0) is 10.3 Å². The number of methoxy groups -OCH3 is 1. The molecule has 0 radical (unpaired) electrons. The van der Waals surface area contributed by atoms with Gasteiger partial charge in [0, 0.05) is 20.2 Å². The summed E-state index contributed by atoms with van der Waals surface area (Å²) in [6.45, 7) is 6.79. The van der Waals surface area contributed by atoms with E-state index in [1.807, 2.05) is 6.92 Å². The van der Waals surface area contributed by atoms with E-state index in [9.17, 15) is 0 Å². The molecule has 3 N–H and O–H groups in total. The van der Waals surface area contributed by atoms with Gasteiger partial charge in [0.15, 0.2) is 5.82 Å². The Morgan fingerprint density at radius 1 is 1.58 bits per heavy atom. The number of H-pyrrole nitrogens is 1. The van der Waals surface area contributed by atoms with Crippen LogP contribution < -0.4 is 10.6 Å². The van der Waals surface area contributed by atoms with Crippen LogP contribution in [0, 0.1) is 5.92 Å². The summed E-state index contributed by atoms with van der Waals surface area (Å²) < 4.78 is 5.54. The summed E-state index contributed by atoms with van der Waals surface area (Å²) in [5, 5.41) is 7.36. The predicted octanol–water partition coefficient (Wildman–Crippen LogP) is 1.25. The average molecular weight is 267 g/mol. The predicted molar refractivity (Wildman–Crippen MR) is 75.0 cm³/mol. The molecule has 2 atom stereocenters. The first kappa shape index (κ1) is 14.3. The summed E-state index contributed by atoms with van der Waals surface area (Å²) >= 11 is 0. The van der Waals surface area contributed by atoms with Gasteiger partial charge >= 0.3 is 0 Å². The van der Waals surface area contributed by atoms with E-state index >= 15 is 0 Å². The van der Waals surface area contributed by atoms with Crippen LogP contribution in [0.4, 0.5) is 5.95 Å². The molecule has 0 bridgehead atoms. The van der Waals surface area contributed by atoms with Gasteiger partial charge in [-0.3, -0.25) is 5.10 Å². The third-order valence-corrected chi connectivity index (χ3v) is 4.23. The van der Waals surface area contributed by atoms with Gasteiger partial charge in [-0.05, 0) is 38.6 Å². The molecule has 1 aromatic heterocycles. The maximum Gasteiger partial charge on any atom is 0.244 e. The molecular weight excluding hydrogens is 242 g/mol. The van der Waals surface area contributed by atoms with Gasteiger partial charge in [-0.1, -0.05) is 6.92 Å². The summed E-state index contributed by atoms with van der Waals surface area (Å²) in [7, 11) is 1.71. The van der Waals surface area contributed by atoms with E-state index in [0.717, 1.165) is 44.2 Å². The minimum atomic E-state index is -0.395. The Hall–Kier alpha value is -1.14. The van der Waals surface area contributed by atoms with E-state index in [-0.39, 0.29) is 0 Å². The molecule has 6 nitrogen and oxygen atoms in total. The smallest absolute Gasteiger partial charge is 0.244 e. The molecule has 19 heavy (non-hydrogen) atoms. The van der Waals surface area contributed by atoms with E-state index in [2.05, 4.69) is 27.0 Å². The number of aromatic amines is 1. The molecular formula is C13H25N5O. The summed E-state index contributed by atoms with van der Waals surface area (Å²) in [6, 6.07) is 0. The molecule has 2 unspecified atom stereocenters. The zero-order valence-electron chi connectivity index (χ0n) is 12.1. The number of nitrogens with zero attached hydrogens (tertiary/aromatic N) is 3. The van der Waals surface area contributed by atoms with Crippen molar-refractivity contribution in [2.75, 3.05) is 31.6 Å². The van der Waals surface area contributed by atoms with Crippen molar-refractivity contribution in [1.29, 1.82) is 0 Å². The zero-order chi connectivity index (χ0) is 13.9. The number of nitrogens with two attached hydrogens (primary N) is 1. The molecule has 1 saturated heterocycles. The van der Waals surface area contributed by atoms with Crippen LogP contribution in [0.25, 0.3) is 0 Å². The number of anilines is 1. The highest BCUT2D eigenvalue weighted by Gasteiger charge is 2.30. The second-order valence-electron chi connectivity index (χ2n) is 5.46. The Bertz CT molecular complexity index is 401. The average Bonchev–Trinajstić information content (AvgIpc) is 2.97. The molecule has 0 saturated carbocycles. The Labute approximate surface area is 114 Å². The lowest BCUT2D eigenvalue weighted by Gasteiger charge is -2.31. The molecule has 0 spiro atoms. The standard InChI is InChI=1S/C13H25N5O/c1-4-13(2,19-3)11-15-12(17-16-11)18-7-5-6-10(8-14)9-18/h10H,4-9,14H2,1-3H3,(H,15,16,17). The lowest BCUT2D eigenvalue weighted by Crippen LogP contribution is -2.39. The van der Waals surface area contributed by atoms with Crippen LogP contribution in [0.5, 0.6) is 0 Å². The van der Waals surface area contributed by atoms with E-state index in [0.29, 0.717) is 5.92 Å². The van der Waals surface area contributed by atoms with Gasteiger partial charge in [0.2, 0.25) is 5.95 Å². The lowest BCUT2D eigenvalue weighted by molar-refractivity contribution is -0.00865. The molecule has 1 aliphatic rings. The first-order valence-corrected chi connectivity index (χ1v) is 7.06. The second-order valence-corrected chi connectivity index (χ2v) is 5.46. The molecule has 6 heteroatoms. The SMILES string of the molecule is CCC(C)(OC)c1nc(N2CCCC(CN)C2)n[nH]1. The van der Waals surface area contributed by atoms with E-state index in [4.69, 9.17) is 10.5 Å². The molecule has 1 aliphatic heterocycles. The van der Waals surface area contributed by atoms with Crippen molar-refractivity contribution in [2.24, 2.45) is 11.7 Å². The normalized spacial score (nSPS) is 23.4. The van der Waals surface area contributed by atoms with Crippen LogP contribution >= 0.6 is 0 Å². The summed E-state index contributed by atoms with van der Waals surface area (Å²) in [4.78, 5) is 6.82. The van der Waals surface area contributed by atoms with Crippen molar-refractivity contribution in [2.45, 2.75) is 38.7 Å². The van der Waals surface area contributed by atoms with Crippen LogP contribution in [0.1, 0.15) is 38.9 Å². The number of nitrogens with one attached hydrogen (secondary N) is 1. The van der Waals surface area contributed by atoms with E-state index in [1.54, 1.807) is 7.11 Å². The highest BCUT2D eigenvalue weighted by atomic mass is 16.5. The Morgan fingerprint density at radius 2 is 2.37 bits per heavy atom. The maximum absolute atomic E-state index is 5.77. The van der Waals surface area contributed by atoms with Crippen molar-refractivity contribution in [3.63, 3.8) is 0 Å². The van der Waals surface area contributed by atoms with Gasteiger partial charge in [-0.15, -0.1) is 5.10 Å². The Morgan fingerprint density at radius 3 is 3.00 bits per heavy atom. The number of piperidine rings is 1. The van der Waals surface area contributed by atoms with Crippen molar-refractivity contribution >= 4 is 5.95 Å². The lowest BCUT2D eigenvalue weighted by atomic mass is 9.99. The molecule has 108 valence electrons. The number of aromatic nitrogens is 3. The van der Waals surface area contributed by atoms with E-state index in [1.165, 1.54) is 6.42 Å². The Balaban J connectivity index is 2.12. The first-order chi connectivity index (χ1) is 9.12. The maximum atomic E-state index is 5.77. The van der Waals surface area contributed by atoms with Gasteiger partial charge < -0.3 is 15.4 Å². The van der Waals surface area contributed by atoms with Crippen LogP contribution in [-0.4, -0.2) is 41.9 Å². The monoisotopic (exact) mass is 267 g/mol. The third-order valence-electron chi connectivity index (χ3n) is 4.23. The molecule has 1 fully saturated rings. The quantitative estimate of drug-likeness (QED) is 0.839. The fourth-order valence-corrected chi connectivity index (χ4v) is 2.48. The summed E-state index contributed by atoms with van der Waals surface area (Å²) in [5.41, 5.74) is 5.37. The summed E-state index contributed by atoms with van der Waals surface area (Å²) in [5.74, 6) is 2.11. The zero-order valence-corrected chi connectivity index (χ0v) is 12.1. The Kier molecular flexibility index (Phi) is 4.42. The molecule has 2 rings (SSSR count). The fraction of sp³-hybridized carbons (Fsp3) is 0.846. The minimum absolute atomic E-state index is 0.395. The number of hydrogen-bond donors (Lipinski definition) is 2. The van der Waals surface area contributed by atoms with Gasteiger partial charge in [-0.25, -0.2) is 0 Å². The number of rotatable bonds is 5. The number of hydrogen-bond acceptors (Lipinski definition) is 5. The van der Waals surface area contributed by atoms with Crippen LogP contribution in [0.15, 0.2) is 0 Å². The minimum Gasteiger partial charge on any atom is -0.371 e. The van der Waals surface area contributed by atoms with Crippen LogP contribution in [0.2, 0.25) is 0 Å².